The van der Waals surface area contributed by atoms with Gasteiger partial charge in [-0.25, -0.2) is 0 Å². The monoisotopic (exact) mass is 220 g/mol. The van der Waals surface area contributed by atoms with Crippen molar-refractivity contribution < 1.29 is 9.90 Å². The third-order valence-corrected chi connectivity index (χ3v) is 2.13. The zero-order valence-corrected chi connectivity index (χ0v) is 9.39. The lowest BCUT2D eigenvalue weighted by atomic mass is 10.2. The van der Waals surface area contributed by atoms with E-state index in [9.17, 15) is 4.79 Å². The third-order valence-electron chi connectivity index (χ3n) is 2.13. The molecule has 0 bridgehead atoms. The van der Waals surface area contributed by atoms with Gasteiger partial charge in [0.1, 0.15) is 0 Å². The summed E-state index contributed by atoms with van der Waals surface area (Å²) in [6.07, 6.45) is 4.86. The first-order valence-electron chi connectivity index (χ1n) is 5.11. The molecule has 16 heavy (non-hydrogen) atoms. The summed E-state index contributed by atoms with van der Waals surface area (Å²) in [5.41, 5.74) is 1.48. The molecule has 0 atom stereocenters. The first kappa shape index (κ1) is 12.4. The highest BCUT2D eigenvalue weighted by Gasteiger charge is 2.14. The fraction of sp³-hybridized carbons (Fsp3) is 0.333. The maximum absolute atomic E-state index is 12.0. The maximum atomic E-state index is 12.0. The molecule has 0 aromatic carbocycles. The van der Waals surface area contributed by atoms with Crippen LogP contribution in [0.1, 0.15) is 15.9 Å². The minimum atomic E-state index is -0.134. The zero-order valence-electron chi connectivity index (χ0n) is 9.39. The molecule has 0 aliphatic rings. The van der Waals surface area contributed by atoms with Gasteiger partial charge in [-0.3, -0.25) is 9.78 Å². The Bertz CT molecular complexity index is 377. The summed E-state index contributed by atoms with van der Waals surface area (Å²) in [5, 5.41) is 8.87. The first-order chi connectivity index (χ1) is 7.69. The Labute approximate surface area is 95.2 Å². The highest BCUT2D eigenvalue weighted by molar-refractivity contribution is 5.94. The standard InChI is InChI=1S/C12H16N2O2/c1-3-4-14(5-6-15)12(16)11-7-10(2)8-13-9-11/h3,7-9,15H,1,4-6H2,2H3. The van der Waals surface area contributed by atoms with Crippen LogP contribution < -0.4 is 0 Å². The van der Waals surface area contributed by atoms with Gasteiger partial charge in [-0.05, 0) is 18.6 Å². The predicted octanol–water partition coefficient (Wildman–Crippen LogP) is 1.01. The van der Waals surface area contributed by atoms with E-state index in [1.807, 2.05) is 6.92 Å². The molecule has 1 N–H and O–H groups in total. The van der Waals surface area contributed by atoms with E-state index in [1.54, 1.807) is 18.3 Å². The summed E-state index contributed by atoms with van der Waals surface area (Å²) < 4.78 is 0. The quantitative estimate of drug-likeness (QED) is 0.753. The van der Waals surface area contributed by atoms with Gasteiger partial charge in [-0.2, -0.15) is 0 Å². The van der Waals surface area contributed by atoms with E-state index >= 15 is 0 Å². The van der Waals surface area contributed by atoms with Gasteiger partial charge in [0.15, 0.2) is 0 Å². The Morgan fingerprint density at radius 3 is 2.94 bits per heavy atom. The third kappa shape index (κ3) is 3.17. The highest BCUT2D eigenvalue weighted by Crippen LogP contribution is 2.05. The Kier molecular flexibility index (Phi) is 4.66. The van der Waals surface area contributed by atoms with Gasteiger partial charge < -0.3 is 10.0 Å². The lowest BCUT2D eigenvalue weighted by molar-refractivity contribution is 0.0742. The Balaban J connectivity index is 2.85. The number of aliphatic hydroxyl groups is 1. The van der Waals surface area contributed by atoms with Gasteiger partial charge >= 0.3 is 0 Å². The van der Waals surface area contributed by atoms with Crippen LogP contribution in [0.15, 0.2) is 31.1 Å². The predicted molar refractivity (Wildman–Crippen MR) is 62.2 cm³/mol. The van der Waals surface area contributed by atoms with Crippen molar-refractivity contribution in [3.8, 4) is 0 Å². The van der Waals surface area contributed by atoms with E-state index in [2.05, 4.69) is 11.6 Å². The van der Waals surface area contributed by atoms with Crippen LogP contribution in [0.5, 0.6) is 0 Å². The second-order valence-electron chi connectivity index (χ2n) is 3.51. The van der Waals surface area contributed by atoms with Crippen LogP contribution in [0.25, 0.3) is 0 Å². The van der Waals surface area contributed by atoms with Gasteiger partial charge in [0.25, 0.3) is 5.91 Å². The number of nitrogens with zero attached hydrogens (tertiary/aromatic N) is 2. The van der Waals surface area contributed by atoms with Gasteiger partial charge in [0.05, 0.1) is 12.2 Å². The average Bonchev–Trinajstić information content (AvgIpc) is 2.28. The molecule has 4 nitrogen and oxygen atoms in total. The summed E-state index contributed by atoms with van der Waals surface area (Å²) in [6.45, 7) is 6.14. The molecule has 86 valence electrons. The molecule has 1 amide bonds. The van der Waals surface area contributed by atoms with Gasteiger partial charge in [-0.15, -0.1) is 6.58 Å². The first-order valence-corrected chi connectivity index (χ1v) is 5.11. The van der Waals surface area contributed by atoms with Crippen molar-refractivity contribution in [3.63, 3.8) is 0 Å². The van der Waals surface area contributed by atoms with Crippen molar-refractivity contribution in [1.29, 1.82) is 0 Å². The van der Waals surface area contributed by atoms with Crippen LogP contribution in [-0.4, -0.2) is 40.6 Å². The SMILES string of the molecule is C=CCN(CCO)C(=O)c1cncc(C)c1. The van der Waals surface area contributed by atoms with Crippen LogP contribution in [-0.2, 0) is 0 Å². The van der Waals surface area contributed by atoms with E-state index in [4.69, 9.17) is 5.11 Å². The molecule has 0 saturated carbocycles. The van der Waals surface area contributed by atoms with E-state index in [-0.39, 0.29) is 12.5 Å². The molecule has 1 aromatic rings. The molecule has 0 spiro atoms. The molecule has 1 aromatic heterocycles. The second kappa shape index (κ2) is 6.02. The van der Waals surface area contributed by atoms with Crippen molar-refractivity contribution in [2.75, 3.05) is 19.7 Å². The number of rotatable bonds is 5. The number of carbonyl (C=O) groups excluding carboxylic acids is 1. The number of carbonyl (C=O) groups is 1. The Morgan fingerprint density at radius 1 is 1.62 bits per heavy atom. The van der Waals surface area contributed by atoms with Gasteiger partial charge in [0, 0.05) is 25.5 Å². The second-order valence-corrected chi connectivity index (χ2v) is 3.51. The summed E-state index contributed by atoms with van der Waals surface area (Å²) >= 11 is 0. The topological polar surface area (TPSA) is 53.4 Å². The number of pyridine rings is 1. The zero-order chi connectivity index (χ0) is 12.0. The average molecular weight is 220 g/mol. The van der Waals surface area contributed by atoms with Crippen LogP contribution in [0.2, 0.25) is 0 Å². The molecule has 0 aliphatic heterocycles. The molecule has 0 fully saturated rings. The molecule has 0 unspecified atom stereocenters. The fourth-order valence-electron chi connectivity index (χ4n) is 1.41. The van der Waals surface area contributed by atoms with Crippen molar-refractivity contribution in [3.05, 3.63) is 42.2 Å². The summed E-state index contributed by atoms with van der Waals surface area (Å²) in [5.74, 6) is -0.134. The lowest BCUT2D eigenvalue weighted by Gasteiger charge is -2.19. The van der Waals surface area contributed by atoms with Crippen LogP contribution in [0.4, 0.5) is 0 Å². The normalized spacial score (nSPS) is 9.88. The van der Waals surface area contributed by atoms with Gasteiger partial charge in [0.2, 0.25) is 0 Å². The summed E-state index contributed by atoms with van der Waals surface area (Å²) in [7, 11) is 0. The summed E-state index contributed by atoms with van der Waals surface area (Å²) in [6, 6.07) is 1.78. The number of hydrogen-bond acceptors (Lipinski definition) is 3. The van der Waals surface area contributed by atoms with E-state index < -0.39 is 0 Å². The van der Waals surface area contributed by atoms with E-state index in [1.165, 1.54) is 11.1 Å². The molecule has 0 radical (unpaired) electrons. The molecule has 1 heterocycles. The number of aryl methyl sites for hydroxylation is 1. The molecule has 0 saturated heterocycles. The smallest absolute Gasteiger partial charge is 0.255 e. The van der Waals surface area contributed by atoms with Crippen molar-refractivity contribution in [2.45, 2.75) is 6.92 Å². The highest BCUT2D eigenvalue weighted by atomic mass is 16.3. The Hall–Kier alpha value is -1.68. The number of amides is 1. The number of aromatic nitrogens is 1. The van der Waals surface area contributed by atoms with Crippen molar-refractivity contribution in [2.24, 2.45) is 0 Å². The number of hydrogen-bond donors (Lipinski definition) is 1. The minimum absolute atomic E-state index is 0.0567. The molecule has 4 heteroatoms. The van der Waals surface area contributed by atoms with E-state index in [0.717, 1.165) is 5.56 Å². The summed E-state index contributed by atoms with van der Waals surface area (Å²) in [4.78, 5) is 17.5. The minimum Gasteiger partial charge on any atom is -0.395 e. The lowest BCUT2D eigenvalue weighted by Crippen LogP contribution is -2.33. The fourth-order valence-corrected chi connectivity index (χ4v) is 1.41. The maximum Gasteiger partial charge on any atom is 0.255 e. The molecular formula is C12H16N2O2. The van der Waals surface area contributed by atoms with Crippen molar-refractivity contribution >= 4 is 5.91 Å². The van der Waals surface area contributed by atoms with Crippen LogP contribution in [0.3, 0.4) is 0 Å². The van der Waals surface area contributed by atoms with Crippen LogP contribution >= 0.6 is 0 Å². The number of aliphatic hydroxyl groups excluding tert-OH is 1. The van der Waals surface area contributed by atoms with Crippen molar-refractivity contribution in [1.82, 2.24) is 9.88 Å². The Morgan fingerprint density at radius 2 is 2.38 bits per heavy atom. The molecular weight excluding hydrogens is 204 g/mol. The van der Waals surface area contributed by atoms with Gasteiger partial charge in [-0.1, -0.05) is 6.08 Å². The van der Waals surface area contributed by atoms with Crippen LogP contribution in [0, 0.1) is 6.92 Å². The van der Waals surface area contributed by atoms with E-state index in [0.29, 0.717) is 18.7 Å². The molecule has 0 aliphatic carbocycles. The molecule has 1 rings (SSSR count). The largest absolute Gasteiger partial charge is 0.395 e.